The normalized spacial score (nSPS) is 30.6. The smallest absolute Gasteiger partial charge is 0.270 e. The van der Waals surface area contributed by atoms with Gasteiger partial charge < -0.3 is 9.73 Å². The molecule has 0 spiro atoms. The fourth-order valence-electron chi connectivity index (χ4n) is 3.80. The Labute approximate surface area is 137 Å². The van der Waals surface area contributed by atoms with Crippen LogP contribution in [0, 0.1) is 5.92 Å². The summed E-state index contributed by atoms with van der Waals surface area (Å²) in [4.78, 5) is 19.3. The molecule has 116 valence electrons. The van der Waals surface area contributed by atoms with Crippen molar-refractivity contribution in [1.82, 2.24) is 15.2 Å². The van der Waals surface area contributed by atoms with E-state index in [1.807, 2.05) is 0 Å². The summed E-state index contributed by atoms with van der Waals surface area (Å²) in [6.45, 7) is 4.52. The van der Waals surface area contributed by atoms with Crippen molar-refractivity contribution in [2.24, 2.45) is 5.92 Å². The van der Waals surface area contributed by atoms with Crippen molar-refractivity contribution < 1.29 is 9.21 Å². The predicted molar refractivity (Wildman–Crippen MR) is 86.7 cm³/mol. The maximum absolute atomic E-state index is 12.6. The Morgan fingerprint density at radius 3 is 2.95 bits per heavy atom. The number of carbonyl (C=O) groups is 1. The van der Waals surface area contributed by atoms with Gasteiger partial charge in [0.1, 0.15) is 12.0 Å². The molecule has 3 saturated heterocycles. The molecule has 2 aromatic rings. The molecule has 1 amide bonds. The van der Waals surface area contributed by atoms with Crippen LogP contribution in [0.1, 0.15) is 30.3 Å². The maximum Gasteiger partial charge on any atom is 0.270 e. The van der Waals surface area contributed by atoms with E-state index in [-0.39, 0.29) is 11.9 Å². The van der Waals surface area contributed by atoms with E-state index >= 15 is 0 Å². The molecule has 3 aliphatic rings. The third kappa shape index (κ3) is 2.25. The van der Waals surface area contributed by atoms with Crippen molar-refractivity contribution in [1.29, 1.82) is 0 Å². The van der Waals surface area contributed by atoms with E-state index in [1.54, 1.807) is 18.5 Å². The first-order valence-corrected chi connectivity index (χ1v) is 8.50. The number of hydrogen-bond donors (Lipinski definition) is 1. The Kier molecular flexibility index (Phi) is 3.46. The van der Waals surface area contributed by atoms with E-state index in [4.69, 9.17) is 4.42 Å². The molecule has 22 heavy (non-hydrogen) atoms. The summed E-state index contributed by atoms with van der Waals surface area (Å²) >= 11 is 3.42. The molecule has 2 atom stereocenters. The summed E-state index contributed by atoms with van der Waals surface area (Å²) in [5.74, 6) is 0.494. The van der Waals surface area contributed by atoms with Gasteiger partial charge in [-0.15, -0.1) is 0 Å². The number of pyridine rings is 1. The van der Waals surface area contributed by atoms with Crippen LogP contribution in [0.5, 0.6) is 0 Å². The summed E-state index contributed by atoms with van der Waals surface area (Å²) in [6, 6.07) is 2.41. The van der Waals surface area contributed by atoms with Gasteiger partial charge in [0.15, 0.2) is 5.58 Å². The number of fused-ring (bicyclic) bond motifs is 4. The highest BCUT2D eigenvalue weighted by Crippen LogP contribution is 2.32. The number of rotatable bonds is 2. The number of halogens is 1. The zero-order valence-corrected chi connectivity index (χ0v) is 14.0. The molecule has 1 N–H and O–H groups in total. The van der Waals surface area contributed by atoms with E-state index in [0.29, 0.717) is 23.2 Å². The molecular formula is C16H18BrN3O2. The molecule has 5 heterocycles. The van der Waals surface area contributed by atoms with Crippen LogP contribution < -0.4 is 5.32 Å². The monoisotopic (exact) mass is 363 g/mol. The first-order chi connectivity index (χ1) is 10.6. The molecule has 0 radical (unpaired) electrons. The minimum Gasteiger partial charge on any atom is -0.461 e. The second-order valence-corrected chi connectivity index (χ2v) is 7.12. The van der Waals surface area contributed by atoms with Gasteiger partial charge in [-0.1, -0.05) is 0 Å². The zero-order chi connectivity index (χ0) is 15.3. The molecule has 0 aromatic carbocycles. The van der Waals surface area contributed by atoms with Gasteiger partial charge >= 0.3 is 0 Å². The third-order valence-corrected chi connectivity index (χ3v) is 5.74. The highest BCUT2D eigenvalue weighted by Gasteiger charge is 2.40. The lowest BCUT2D eigenvalue weighted by Crippen LogP contribution is -2.62. The molecule has 0 saturated carbocycles. The van der Waals surface area contributed by atoms with Crippen LogP contribution in [0.4, 0.5) is 0 Å². The van der Waals surface area contributed by atoms with E-state index in [9.17, 15) is 4.79 Å². The van der Waals surface area contributed by atoms with Gasteiger partial charge in [-0.3, -0.25) is 9.69 Å². The second-order valence-electron chi connectivity index (χ2n) is 6.26. The molecule has 5 rings (SSSR count). The highest BCUT2D eigenvalue weighted by molar-refractivity contribution is 9.10. The summed E-state index contributed by atoms with van der Waals surface area (Å²) in [6.07, 6.45) is 5.57. The minimum atomic E-state index is -0.0967. The lowest BCUT2D eigenvalue weighted by molar-refractivity contribution is 0.0216. The Morgan fingerprint density at radius 2 is 2.23 bits per heavy atom. The topological polar surface area (TPSA) is 58.4 Å². The molecule has 6 heteroatoms. The molecule has 5 nitrogen and oxygen atoms in total. The van der Waals surface area contributed by atoms with Crippen LogP contribution in [-0.2, 0) is 0 Å². The number of hydrogen-bond acceptors (Lipinski definition) is 4. The van der Waals surface area contributed by atoms with Crippen LogP contribution in [0.15, 0.2) is 27.4 Å². The number of furan rings is 1. The van der Waals surface area contributed by atoms with Crippen molar-refractivity contribution >= 4 is 32.8 Å². The standard InChI is InChI=1S/C16H18BrN3O2/c1-9-15(10-2-4-20(9)5-3-10)19-16(21)13-6-11-12(17)8-22-14(11)7-18-13/h6-10,15H,2-5H2,1H3,(H,19,21)/t9-,15-/m0/s1. The van der Waals surface area contributed by atoms with Gasteiger partial charge in [0.25, 0.3) is 5.91 Å². The van der Waals surface area contributed by atoms with E-state index in [1.165, 1.54) is 12.8 Å². The van der Waals surface area contributed by atoms with E-state index < -0.39 is 0 Å². The minimum absolute atomic E-state index is 0.0967. The average Bonchev–Trinajstić information content (AvgIpc) is 2.92. The van der Waals surface area contributed by atoms with E-state index in [0.717, 1.165) is 22.9 Å². The molecular weight excluding hydrogens is 346 g/mol. The van der Waals surface area contributed by atoms with E-state index in [2.05, 4.69) is 38.1 Å². The number of carbonyl (C=O) groups excluding carboxylic acids is 1. The van der Waals surface area contributed by atoms with Gasteiger partial charge in [-0.05, 0) is 60.8 Å². The van der Waals surface area contributed by atoms with Crippen molar-refractivity contribution in [3.63, 3.8) is 0 Å². The first-order valence-electron chi connectivity index (χ1n) is 7.71. The van der Waals surface area contributed by atoms with Crippen LogP contribution >= 0.6 is 15.9 Å². The third-order valence-electron chi connectivity index (χ3n) is 5.12. The van der Waals surface area contributed by atoms with Gasteiger partial charge in [-0.25, -0.2) is 4.98 Å². The van der Waals surface area contributed by atoms with Gasteiger partial charge in [0, 0.05) is 17.5 Å². The Balaban J connectivity index is 1.57. The molecule has 0 aliphatic carbocycles. The number of nitrogens with zero attached hydrogens (tertiary/aromatic N) is 2. The summed E-state index contributed by atoms with van der Waals surface area (Å²) < 4.78 is 6.19. The fraction of sp³-hybridized carbons (Fsp3) is 0.500. The molecule has 3 fully saturated rings. The number of nitrogens with one attached hydrogen (secondary N) is 1. The Morgan fingerprint density at radius 1 is 1.45 bits per heavy atom. The SMILES string of the molecule is C[C@H]1[C@H](NC(=O)c2cc3c(Br)coc3cn2)C2CCN1CC2. The quantitative estimate of drug-likeness (QED) is 0.891. The van der Waals surface area contributed by atoms with Crippen LogP contribution in [-0.4, -0.2) is 41.0 Å². The first kappa shape index (κ1) is 14.2. The lowest BCUT2D eigenvalue weighted by Gasteiger charge is -2.49. The maximum atomic E-state index is 12.6. The largest absolute Gasteiger partial charge is 0.461 e. The van der Waals surface area contributed by atoms with Gasteiger partial charge in [-0.2, -0.15) is 0 Å². The van der Waals surface area contributed by atoms with Crippen LogP contribution in [0.3, 0.4) is 0 Å². The molecule has 0 unspecified atom stereocenters. The summed E-state index contributed by atoms with van der Waals surface area (Å²) in [7, 11) is 0. The number of amides is 1. The van der Waals surface area contributed by atoms with Gasteiger partial charge in [0.05, 0.1) is 10.7 Å². The highest BCUT2D eigenvalue weighted by atomic mass is 79.9. The van der Waals surface area contributed by atoms with Crippen molar-refractivity contribution in [3.8, 4) is 0 Å². The fourth-order valence-corrected chi connectivity index (χ4v) is 4.20. The second kappa shape index (κ2) is 5.35. The molecule has 3 aliphatic heterocycles. The lowest BCUT2D eigenvalue weighted by atomic mass is 9.79. The molecule has 2 aromatic heterocycles. The van der Waals surface area contributed by atoms with Crippen LogP contribution in [0.25, 0.3) is 11.0 Å². The van der Waals surface area contributed by atoms with Crippen molar-refractivity contribution in [3.05, 3.63) is 28.7 Å². The van der Waals surface area contributed by atoms with Crippen molar-refractivity contribution in [2.45, 2.75) is 31.8 Å². The Hall–Kier alpha value is -1.40. The van der Waals surface area contributed by atoms with Crippen LogP contribution in [0.2, 0.25) is 0 Å². The Bertz CT molecular complexity index is 719. The number of piperidine rings is 3. The predicted octanol–water partition coefficient (Wildman–Crippen LogP) is 2.80. The summed E-state index contributed by atoms with van der Waals surface area (Å²) in [5.41, 5.74) is 1.12. The van der Waals surface area contributed by atoms with Gasteiger partial charge in [0.2, 0.25) is 0 Å². The number of aromatic nitrogens is 1. The zero-order valence-electron chi connectivity index (χ0n) is 12.4. The summed E-state index contributed by atoms with van der Waals surface area (Å²) in [5, 5.41) is 4.08. The average molecular weight is 364 g/mol. The van der Waals surface area contributed by atoms with Crippen molar-refractivity contribution in [2.75, 3.05) is 13.1 Å². The molecule has 2 bridgehead atoms.